The van der Waals surface area contributed by atoms with E-state index in [4.69, 9.17) is 4.74 Å². The molecule has 2 nitrogen and oxygen atoms in total. The molecule has 1 heterocycles. The predicted molar refractivity (Wildman–Crippen MR) is 78.6 cm³/mol. The number of benzene rings is 1. The molecule has 20 heavy (non-hydrogen) atoms. The molecular weight excluding hydrogens is 253 g/mol. The summed E-state index contributed by atoms with van der Waals surface area (Å²) < 4.78 is 19.2. The molecule has 0 amide bonds. The van der Waals surface area contributed by atoms with Crippen molar-refractivity contribution < 1.29 is 9.13 Å². The maximum atomic E-state index is 13.2. The maximum Gasteiger partial charge on any atom is 0.123 e. The van der Waals surface area contributed by atoms with Gasteiger partial charge in [-0.15, -0.1) is 0 Å². The van der Waals surface area contributed by atoms with Crippen LogP contribution in [-0.2, 0) is 6.42 Å². The van der Waals surface area contributed by atoms with Crippen LogP contribution < -0.4 is 10.1 Å². The quantitative estimate of drug-likeness (QED) is 0.906. The van der Waals surface area contributed by atoms with Crippen LogP contribution in [0.1, 0.15) is 45.6 Å². The molecular formula is C17H24FNO. The van der Waals surface area contributed by atoms with Crippen LogP contribution >= 0.6 is 0 Å². The lowest BCUT2D eigenvalue weighted by atomic mass is 9.94. The highest BCUT2D eigenvalue weighted by Gasteiger charge is 2.45. The minimum atomic E-state index is -0.163. The Morgan fingerprint density at radius 1 is 1.35 bits per heavy atom. The zero-order valence-corrected chi connectivity index (χ0v) is 12.6. The first-order chi connectivity index (χ1) is 9.35. The van der Waals surface area contributed by atoms with Crippen molar-refractivity contribution >= 4 is 0 Å². The van der Waals surface area contributed by atoms with Gasteiger partial charge in [-0.05, 0) is 63.6 Å². The molecule has 1 fully saturated rings. The summed E-state index contributed by atoms with van der Waals surface area (Å²) in [6.45, 7) is 7.66. The Kier molecular flexibility index (Phi) is 3.28. The van der Waals surface area contributed by atoms with Crippen LogP contribution in [0, 0.1) is 11.2 Å². The zero-order valence-electron chi connectivity index (χ0n) is 12.6. The van der Waals surface area contributed by atoms with Gasteiger partial charge in [0.15, 0.2) is 0 Å². The Hall–Kier alpha value is -1.09. The van der Waals surface area contributed by atoms with Crippen molar-refractivity contribution in [3.8, 4) is 5.75 Å². The fraction of sp³-hybridized carbons (Fsp3) is 0.647. The zero-order chi connectivity index (χ0) is 14.4. The van der Waals surface area contributed by atoms with Gasteiger partial charge in [-0.2, -0.15) is 0 Å². The second-order valence-corrected chi connectivity index (χ2v) is 7.50. The summed E-state index contributed by atoms with van der Waals surface area (Å²) in [5, 5.41) is 3.61. The fourth-order valence-corrected chi connectivity index (χ4v) is 2.97. The molecule has 1 aliphatic carbocycles. The SMILES string of the molecule is CC(C)(C)NCC1(CC2Cc3cc(F)ccc3O2)CC1. The lowest BCUT2D eigenvalue weighted by Crippen LogP contribution is -2.40. The number of hydrogen-bond acceptors (Lipinski definition) is 2. The first kappa shape index (κ1) is 13.9. The van der Waals surface area contributed by atoms with Gasteiger partial charge in [-0.1, -0.05) is 0 Å². The third-order valence-electron chi connectivity index (χ3n) is 4.38. The second kappa shape index (κ2) is 4.73. The van der Waals surface area contributed by atoms with Crippen molar-refractivity contribution in [2.45, 2.75) is 58.1 Å². The molecule has 1 saturated carbocycles. The van der Waals surface area contributed by atoms with E-state index in [1.54, 1.807) is 12.1 Å². The van der Waals surface area contributed by atoms with Gasteiger partial charge in [-0.25, -0.2) is 4.39 Å². The molecule has 0 aromatic heterocycles. The highest BCUT2D eigenvalue weighted by molar-refractivity contribution is 5.38. The van der Waals surface area contributed by atoms with Crippen LogP contribution in [0.3, 0.4) is 0 Å². The van der Waals surface area contributed by atoms with Gasteiger partial charge >= 0.3 is 0 Å². The van der Waals surface area contributed by atoms with Crippen LogP contribution in [0.4, 0.5) is 4.39 Å². The predicted octanol–water partition coefficient (Wildman–Crippen LogP) is 3.69. The Bertz CT molecular complexity index is 502. The van der Waals surface area contributed by atoms with Gasteiger partial charge in [0.25, 0.3) is 0 Å². The van der Waals surface area contributed by atoms with Gasteiger partial charge in [0.1, 0.15) is 17.7 Å². The minimum absolute atomic E-state index is 0.163. The van der Waals surface area contributed by atoms with Crippen molar-refractivity contribution in [1.82, 2.24) is 5.32 Å². The number of halogens is 1. The summed E-state index contributed by atoms with van der Waals surface area (Å²) in [5.74, 6) is 0.708. The van der Waals surface area contributed by atoms with Crippen molar-refractivity contribution in [3.63, 3.8) is 0 Å². The van der Waals surface area contributed by atoms with E-state index in [0.717, 1.165) is 30.7 Å². The van der Waals surface area contributed by atoms with Crippen LogP contribution in [0.15, 0.2) is 18.2 Å². The van der Waals surface area contributed by atoms with Crippen molar-refractivity contribution in [3.05, 3.63) is 29.6 Å². The lowest BCUT2D eigenvalue weighted by Gasteiger charge is -2.26. The highest BCUT2D eigenvalue weighted by atomic mass is 19.1. The average Bonchev–Trinajstić information content (AvgIpc) is 2.98. The van der Waals surface area contributed by atoms with Crippen LogP contribution in [0.25, 0.3) is 0 Å². The van der Waals surface area contributed by atoms with Crippen molar-refractivity contribution in [2.24, 2.45) is 5.41 Å². The van der Waals surface area contributed by atoms with Crippen molar-refractivity contribution in [2.75, 3.05) is 6.54 Å². The van der Waals surface area contributed by atoms with E-state index >= 15 is 0 Å². The van der Waals surface area contributed by atoms with Gasteiger partial charge < -0.3 is 10.1 Å². The largest absolute Gasteiger partial charge is 0.490 e. The van der Waals surface area contributed by atoms with E-state index in [0.29, 0.717) is 5.41 Å². The van der Waals surface area contributed by atoms with Gasteiger partial charge in [-0.3, -0.25) is 0 Å². The van der Waals surface area contributed by atoms with Gasteiger partial charge in [0, 0.05) is 24.1 Å². The second-order valence-electron chi connectivity index (χ2n) is 7.50. The molecule has 1 aromatic carbocycles. The molecule has 110 valence electrons. The molecule has 1 N–H and O–H groups in total. The van der Waals surface area contributed by atoms with Crippen LogP contribution in [0.2, 0.25) is 0 Å². The molecule has 0 radical (unpaired) electrons. The number of rotatable bonds is 4. The number of ether oxygens (including phenoxy) is 1. The third-order valence-corrected chi connectivity index (χ3v) is 4.38. The van der Waals surface area contributed by atoms with E-state index in [1.807, 2.05) is 0 Å². The monoisotopic (exact) mass is 277 g/mol. The molecule has 3 rings (SSSR count). The van der Waals surface area contributed by atoms with Gasteiger partial charge in [0.2, 0.25) is 0 Å². The molecule has 1 unspecified atom stereocenters. The molecule has 3 heteroatoms. The van der Waals surface area contributed by atoms with Crippen LogP contribution in [0.5, 0.6) is 5.75 Å². The maximum absolute atomic E-state index is 13.2. The molecule has 1 atom stereocenters. The summed E-state index contributed by atoms with van der Waals surface area (Å²) in [5.41, 5.74) is 1.59. The third kappa shape index (κ3) is 3.14. The van der Waals surface area contributed by atoms with Gasteiger partial charge in [0.05, 0.1) is 0 Å². The molecule has 0 bridgehead atoms. The summed E-state index contributed by atoms with van der Waals surface area (Å²) in [4.78, 5) is 0. The molecule has 1 aromatic rings. The highest BCUT2D eigenvalue weighted by Crippen LogP contribution is 2.51. The standard InChI is InChI=1S/C17H24FNO/c1-16(2,3)19-11-17(6-7-17)10-14-9-12-8-13(18)4-5-15(12)20-14/h4-5,8,14,19H,6-7,9-11H2,1-3H3. The van der Waals surface area contributed by atoms with E-state index in [-0.39, 0.29) is 17.5 Å². The Morgan fingerprint density at radius 3 is 2.75 bits per heavy atom. The molecule has 0 saturated heterocycles. The normalized spacial score (nSPS) is 23.3. The minimum Gasteiger partial charge on any atom is -0.490 e. The topological polar surface area (TPSA) is 21.3 Å². The molecule has 0 spiro atoms. The number of fused-ring (bicyclic) bond motifs is 1. The Labute approximate surface area is 120 Å². The summed E-state index contributed by atoms with van der Waals surface area (Å²) in [7, 11) is 0. The fourth-order valence-electron chi connectivity index (χ4n) is 2.97. The van der Waals surface area contributed by atoms with E-state index < -0.39 is 0 Å². The van der Waals surface area contributed by atoms with Crippen LogP contribution in [-0.4, -0.2) is 18.2 Å². The lowest BCUT2D eigenvalue weighted by molar-refractivity contribution is 0.179. The average molecular weight is 277 g/mol. The summed E-state index contributed by atoms with van der Waals surface area (Å²) in [6, 6.07) is 4.86. The summed E-state index contributed by atoms with van der Waals surface area (Å²) >= 11 is 0. The smallest absolute Gasteiger partial charge is 0.123 e. The first-order valence-corrected chi connectivity index (χ1v) is 7.55. The van der Waals surface area contributed by atoms with Crippen molar-refractivity contribution in [1.29, 1.82) is 0 Å². The van der Waals surface area contributed by atoms with E-state index in [1.165, 1.54) is 18.9 Å². The van der Waals surface area contributed by atoms with E-state index in [2.05, 4.69) is 26.1 Å². The summed E-state index contributed by atoms with van der Waals surface area (Å²) in [6.07, 6.45) is 4.70. The Morgan fingerprint density at radius 2 is 2.10 bits per heavy atom. The Balaban J connectivity index is 1.58. The number of hydrogen-bond donors (Lipinski definition) is 1. The first-order valence-electron chi connectivity index (χ1n) is 7.55. The molecule has 2 aliphatic rings. The van der Waals surface area contributed by atoms with E-state index in [9.17, 15) is 4.39 Å². The number of nitrogens with one attached hydrogen (secondary N) is 1. The molecule has 1 aliphatic heterocycles.